The first-order valence-corrected chi connectivity index (χ1v) is 10.0. The van der Waals surface area contributed by atoms with Gasteiger partial charge in [0.1, 0.15) is 11.0 Å². The van der Waals surface area contributed by atoms with Crippen molar-refractivity contribution in [3.8, 4) is 0 Å². The number of aryl methyl sites for hydroxylation is 1. The van der Waals surface area contributed by atoms with E-state index in [1.807, 2.05) is 4.90 Å². The second-order valence-electron chi connectivity index (χ2n) is 6.91. The van der Waals surface area contributed by atoms with Crippen molar-refractivity contribution in [2.24, 2.45) is 7.05 Å². The fourth-order valence-corrected chi connectivity index (χ4v) is 5.67. The van der Waals surface area contributed by atoms with Crippen LogP contribution in [0.2, 0.25) is 0 Å². The number of rotatable bonds is 3. The predicted molar refractivity (Wildman–Crippen MR) is 88.5 cm³/mol. The highest BCUT2D eigenvalue weighted by Crippen LogP contribution is 2.31. The third-order valence-electron chi connectivity index (χ3n) is 5.57. The SMILES string of the molecule is Cc1c(S(=O)(=O)N2CCC(N3C(=O)O[C@H]4CNC[C@H]43)CC2)cnn1C. The lowest BCUT2D eigenvalue weighted by Crippen LogP contribution is -2.50. The molecule has 25 heavy (non-hydrogen) atoms. The number of carbonyl (C=O) groups is 1. The summed E-state index contributed by atoms with van der Waals surface area (Å²) in [4.78, 5) is 14.2. The second kappa shape index (κ2) is 5.96. The molecule has 9 nitrogen and oxygen atoms in total. The highest BCUT2D eigenvalue weighted by Gasteiger charge is 2.48. The third-order valence-corrected chi connectivity index (χ3v) is 7.57. The maximum atomic E-state index is 12.9. The molecule has 4 heterocycles. The minimum absolute atomic E-state index is 0.0313. The van der Waals surface area contributed by atoms with Crippen molar-refractivity contribution < 1.29 is 17.9 Å². The van der Waals surface area contributed by atoms with Gasteiger partial charge in [0.2, 0.25) is 10.0 Å². The molecule has 2 atom stereocenters. The van der Waals surface area contributed by atoms with E-state index in [0.717, 1.165) is 6.54 Å². The average Bonchev–Trinajstić information content (AvgIpc) is 3.23. The molecule has 0 radical (unpaired) electrons. The van der Waals surface area contributed by atoms with Crippen LogP contribution in [0.15, 0.2) is 11.1 Å². The van der Waals surface area contributed by atoms with E-state index >= 15 is 0 Å². The van der Waals surface area contributed by atoms with Crippen LogP contribution in [-0.4, -0.2) is 77.9 Å². The number of nitrogens with one attached hydrogen (secondary N) is 1. The number of fused-ring (bicyclic) bond motifs is 1. The molecule has 138 valence electrons. The van der Waals surface area contributed by atoms with Crippen LogP contribution in [0.5, 0.6) is 0 Å². The highest BCUT2D eigenvalue weighted by molar-refractivity contribution is 7.89. The smallest absolute Gasteiger partial charge is 0.410 e. The van der Waals surface area contributed by atoms with Gasteiger partial charge in [-0.2, -0.15) is 9.40 Å². The summed E-state index contributed by atoms with van der Waals surface area (Å²) >= 11 is 0. The summed E-state index contributed by atoms with van der Waals surface area (Å²) in [5, 5.41) is 7.28. The molecule has 1 amide bonds. The largest absolute Gasteiger partial charge is 0.442 e. The normalized spacial score (nSPS) is 28.4. The number of aromatic nitrogens is 2. The Morgan fingerprint density at radius 3 is 2.64 bits per heavy atom. The van der Waals surface area contributed by atoms with E-state index < -0.39 is 10.0 Å². The fraction of sp³-hybridized carbons (Fsp3) is 0.733. The Bertz CT molecular complexity index is 784. The number of nitrogens with zero attached hydrogens (tertiary/aromatic N) is 4. The summed E-state index contributed by atoms with van der Waals surface area (Å²) in [7, 11) is -1.82. The molecule has 0 unspecified atom stereocenters. The minimum Gasteiger partial charge on any atom is -0.442 e. The van der Waals surface area contributed by atoms with Crippen molar-refractivity contribution in [2.75, 3.05) is 26.2 Å². The van der Waals surface area contributed by atoms with Gasteiger partial charge < -0.3 is 10.1 Å². The molecule has 3 saturated heterocycles. The molecule has 3 aliphatic heterocycles. The van der Waals surface area contributed by atoms with Gasteiger partial charge in [0.25, 0.3) is 0 Å². The molecule has 0 saturated carbocycles. The molecule has 0 aromatic carbocycles. The molecule has 4 rings (SSSR count). The first-order valence-electron chi connectivity index (χ1n) is 8.58. The van der Waals surface area contributed by atoms with Gasteiger partial charge in [0, 0.05) is 39.3 Å². The molecule has 10 heteroatoms. The Labute approximate surface area is 147 Å². The van der Waals surface area contributed by atoms with Crippen molar-refractivity contribution in [3.05, 3.63) is 11.9 Å². The van der Waals surface area contributed by atoms with E-state index in [0.29, 0.717) is 38.2 Å². The van der Waals surface area contributed by atoms with Gasteiger partial charge in [0.15, 0.2) is 0 Å². The molecular formula is C15H23N5O4S. The van der Waals surface area contributed by atoms with E-state index in [1.54, 1.807) is 18.7 Å². The lowest BCUT2D eigenvalue weighted by atomic mass is 10.0. The molecule has 1 aromatic rings. The summed E-state index contributed by atoms with van der Waals surface area (Å²) in [6.07, 6.45) is 2.31. The van der Waals surface area contributed by atoms with Crippen molar-refractivity contribution in [3.63, 3.8) is 0 Å². The lowest BCUT2D eigenvalue weighted by molar-refractivity contribution is 0.117. The maximum absolute atomic E-state index is 12.9. The molecule has 0 bridgehead atoms. The molecule has 1 N–H and O–H groups in total. The van der Waals surface area contributed by atoms with Crippen molar-refractivity contribution in [1.29, 1.82) is 0 Å². The van der Waals surface area contributed by atoms with E-state index in [2.05, 4.69) is 10.4 Å². The van der Waals surface area contributed by atoms with Gasteiger partial charge >= 0.3 is 6.09 Å². The fourth-order valence-electron chi connectivity index (χ4n) is 4.02. The molecule has 1 aromatic heterocycles. The van der Waals surface area contributed by atoms with Gasteiger partial charge in [-0.25, -0.2) is 13.2 Å². The summed E-state index contributed by atoms with van der Waals surface area (Å²) in [5.74, 6) is 0. The minimum atomic E-state index is -3.55. The number of amides is 1. The Morgan fingerprint density at radius 1 is 1.28 bits per heavy atom. The van der Waals surface area contributed by atoms with Crippen LogP contribution in [-0.2, 0) is 21.8 Å². The average molecular weight is 369 g/mol. The van der Waals surface area contributed by atoms with Gasteiger partial charge in [-0.05, 0) is 19.8 Å². The van der Waals surface area contributed by atoms with Gasteiger partial charge in [-0.3, -0.25) is 9.58 Å². The highest BCUT2D eigenvalue weighted by atomic mass is 32.2. The standard InChI is InChI=1S/C15H23N5O4S/c1-10-14(9-17-18(10)2)25(22,23)19-5-3-11(4-6-19)20-12-7-16-8-13(12)24-15(20)21/h9,11-13,16H,3-8H2,1-2H3/t12-,13+/m1/s1. The number of ether oxygens (including phenoxy) is 1. The third kappa shape index (κ3) is 2.63. The quantitative estimate of drug-likeness (QED) is 0.784. The monoisotopic (exact) mass is 369 g/mol. The van der Waals surface area contributed by atoms with E-state index in [-0.39, 0.29) is 29.2 Å². The molecule has 0 aliphatic carbocycles. The van der Waals surface area contributed by atoms with Crippen LogP contribution in [0.3, 0.4) is 0 Å². The zero-order chi connectivity index (χ0) is 17.8. The Morgan fingerprint density at radius 2 is 2.00 bits per heavy atom. The molecule has 3 fully saturated rings. The number of carbonyl (C=O) groups excluding carboxylic acids is 1. The summed E-state index contributed by atoms with van der Waals surface area (Å²) in [5.41, 5.74) is 0.630. The number of sulfonamides is 1. The van der Waals surface area contributed by atoms with Crippen molar-refractivity contribution >= 4 is 16.1 Å². The van der Waals surface area contributed by atoms with E-state index in [9.17, 15) is 13.2 Å². The molecule has 3 aliphatic rings. The second-order valence-corrected chi connectivity index (χ2v) is 8.81. The van der Waals surface area contributed by atoms with E-state index in [1.165, 1.54) is 10.5 Å². The Hall–Kier alpha value is -1.65. The van der Waals surface area contributed by atoms with Crippen LogP contribution in [0.1, 0.15) is 18.5 Å². The van der Waals surface area contributed by atoms with Crippen LogP contribution in [0, 0.1) is 6.92 Å². The van der Waals surface area contributed by atoms with Gasteiger partial charge in [-0.15, -0.1) is 0 Å². The zero-order valence-electron chi connectivity index (χ0n) is 14.4. The topological polar surface area (TPSA) is 96.8 Å². The number of piperidine rings is 1. The number of hydrogen-bond donors (Lipinski definition) is 1. The zero-order valence-corrected chi connectivity index (χ0v) is 15.2. The first kappa shape index (κ1) is 16.8. The lowest BCUT2D eigenvalue weighted by Gasteiger charge is -2.36. The van der Waals surface area contributed by atoms with Crippen LogP contribution in [0.4, 0.5) is 4.79 Å². The van der Waals surface area contributed by atoms with Crippen LogP contribution in [0.25, 0.3) is 0 Å². The van der Waals surface area contributed by atoms with Gasteiger partial charge in [0.05, 0.1) is 17.9 Å². The van der Waals surface area contributed by atoms with E-state index in [4.69, 9.17) is 4.74 Å². The number of hydrogen-bond acceptors (Lipinski definition) is 6. The van der Waals surface area contributed by atoms with Gasteiger partial charge in [-0.1, -0.05) is 0 Å². The summed E-state index contributed by atoms with van der Waals surface area (Å²) in [6, 6.07) is 0.102. The maximum Gasteiger partial charge on any atom is 0.410 e. The van der Waals surface area contributed by atoms with Crippen molar-refractivity contribution in [1.82, 2.24) is 24.3 Å². The molecule has 0 spiro atoms. The summed E-state index contributed by atoms with van der Waals surface area (Å²) < 4.78 is 34.2. The molecular weight excluding hydrogens is 346 g/mol. The van der Waals surface area contributed by atoms with Crippen LogP contribution >= 0.6 is 0 Å². The first-order chi connectivity index (χ1) is 11.9. The Balaban J connectivity index is 1.46. The summed E-state index contributed by atoms with van der Waals surface area (Å²) in [6.45, 7) is 3.98. The van der Waals surface area contributed by atoms with Crippen molar-refractivity contribution in [2.45, 2.75) is 42.8 Å². The Kier molecular flexibility index (Phi) is 4.00. The predicted octanol–water partition coefficient (Wildman–Crippen LogP) is -0.326. The van der Waals surface area contributed by atoms with Crippen LogP contribution < -0.4 is 5.32 Å².